The summed E-state index contributed by atoms with van der Waals surface area (Å²) in [5.41, 5.74) is 0.235. The Morgan fingerprint density at radius 3 is 2.05 bits per heavy atom. The number of carbonyl (C=O) groups is 1. The Hall–Kier alpha value is -4.34. The first-order valence-corrected chi connectivity index (χ1v) is 12.2. The van der Waals surface area contributed by atoms with Crippen molar-refractivity contribution in [2.75, 3.05) is 6.54 Å². The van der Waals surface area contributed by atoms with Crippen LogP contribution in [0.1, 0.15) is 38.2 Å². The molecule has 0 atom stereocenters. The Balaban J connectivity index is 1.55. The molecule has 0 radical (unpaired) electrons. The van der Waals surface area contributed by atoms with E-state index in [-0.39, 0.29) is 42.6 Å². The SMILES string of the molecule is Cc1ccccc1-c1cc(OCc2ccccc2)ncc1C(=O)NCCc1cc(C(F)(F)F)cc(C(F)(F)F)c1. The zero-order chi connectivity index (χ0) is 28.9. The molecule has 4 nitrogen and oxygen atoms in total. The van der Waals surface area contributed by atoms with Gasteiger partial charge >= 0.3 is 12.4 Å². The van der Waals surface area contributed by atoms with E-state index >= 15 is 0 Å². The molecule has 1 N–H and O–H groups in total. The Kier molecular flexibility index (Phi) is 8.46. The minimum absolute atomic E-state index is 0.0731. The number of nitrogens with zero attached hydrogens (tertiary/aromatic N) is 1. The highest BCUT2D eigenvalue weighted by Gasteiger charge is 2.36. The first-order chi connectivity index (χ1) is 18.9. The second-order valence-electron chi connectivity index (χ2n) is 9.08. The monoisotopic (exact) mass is 558 g/mol. The summed E-state index contributed by atoms with van der Waals surface area (Å²) in [6, 6.07) is 19.8. The molecule has 0 aliphatic heterocycles. The van der Waals surface area contributed by atoms with Gasteiger partial charge in [-0.25, -0.2) is 4.98 Å². The van der Waals surface area contributed by atoms with Gasteiger partial charge in [0.2, 0.25) is 5.88 Å². The van der Waals surface area contributed by atoms with Crippen LogP contribution in [0.3, 0.4) is 0 Å². The summed E-state index contributed by atoms with van der Waals surface area (Å²) in [6.45, 7) is 1.92. The van der Waals surface area contributed by atoms with E-state index in [9.17, 15) is 31.1 Å². The van der Waals surface area contributed by atoms with Gasteiger partial charge in [0.15, 0.2) is 0 Å². The van der Waals surface area contributed by atoms with Crippen LogP contribution in [0, 0.1) is 6.92 Å². The number of pyridine rings is 1. The van der Waals surface area contributed by atoms with Gasteiger partial charge in [0.1, 0.15) is 6.61 Å². The number of hydrogen-bond acceptors (Lipinski definition) is 3. The Labute approximate surface area is 226 Å². The molecule has 10 heteroatoms. The third kappa shape index (κ3) is 7.19. The second kappa shape index (κ2) is 11.8. The van der Waals surface area contributed by atoms with Crippen molar-refractivity contribution in [3.8, 4) is 17.0 Å². The van der Waals surface area contributed by atoms with Crippen LogP contribution in [0.4, 0.5) is 26.3 Å². The van der Waals surface area contributed by atoms with Crippen molar-refractivity contribution in [3.05, 3.63) is 118 Å². The molecule has 0 bridgehead atoms. The number of halogens is 6. The Morgan fingerprint density at radius 1 is 0.800 bits per heavy atom. The van der Waals surface area contributed by atoms with Crippen LogP contribution in [0.25, 0.3) is 11.1 Å². The quantitative estimate of drug-likeness (QED) is 0.226. The summed E-state index contributed by atoms with van der Waals surface area (Å²) in [5, 5.41) is 2.59. The fourth-order valence-electron chi connectivity index (χ4n) is 4.10. The maximum absolute atomic E-state index is 13.2. The van der Waals surface area contributed by atoms with Gasteiger partial charge in [-0.05, 0) is 53.8 Å². The molecule has 40 heavy (non-hydrogen) atoms. The van der Waals surface area contributed by atoms with E-state index < -0.39 is 29.4 Å². The molecule has 4 aromatic rings. The molecule has 3 aromatic carbocycles. The zero-order valence-electron chi connectivity index (χ0n) is 21.2. The summed E-state index contributed by atoms with van der Waals surface area (Å²) >= 11 is 0. The number of carbonyl (C=O) groups excluding carboxylic acids is 1. The predicted octanol–water partition coefficient (Wildman–Crippen LogP) is 7.65. The number of nitrogens with one attached hydrogen (secondary N) is 1. The van der Waals surface area contributed by atoms with E-state index in [0.29, 0.717) is 17.7 Å². The third-order valence-corrected chi connectivity index (χ3v) is 6.13. The van der Waals surface area contributed by atoms with Crippen LogP contribution in [0.5, 0.6) is 5.88 Å². The number of ether oxygens (including phenoxy) is 1. The highest BCUT2D eigenvalue weighted by Crippen LogP contribution is 2.36. The Morgan fingerprint density at radius 2 is 1.43 bits per heavy atom. The highest BCUT2D eigenvalue weighted by molar-refractivity contribution is 6.01. The van der Waals surface area contributed by atoms with Crippen molar-refractivity contribution in [2.24, 2.45) is 0 Å². The first-order valence-electron chi connectivity index (χ1n) is 12.2. The predicted molar refractivity (Wildman–Crippen MR) is 138 cm³/mol. The van der Waals surface area contributed by atoms with E-state index in [1.54, 1.807) is 12.1 Å². The van der Waals surface area contributed by atoms with Crippen molar-refractivity contribution in [1.29, 1.82) is 0 Å². The molecule has 1 amide bonds. The lowest BCUT2D eigenvalue weighted by molar-refractivity contribution is -0.143. The van der Waals surface area contributed by atoms with Crippen LogP contribution in [-0.4, -0.2) is 17.4 Å². The van der Waals surface area contributed by atoms with Crippen molar-refractivity contribution in [3.63, 3.8) is 0 Å². The summed E-state index contributed by atoms with van der Waals surface area (Å²) in [4.78, 5) is 17.4. The van der Waals surface area contributed by atoms with E-state index in [4.69, 9.17) is 4.74 Å². The fraction of sp³-hybridized carbons (Fsp3) is 0.200. The molecule has 0 unspecified atom stereocenters. The summed E-state index contributed by atoms with van der Waals surface area (Å²) < 4.78 is 84.9. The molecule has 1 heterocycles. The lowest BCUT2D eigenvalue weighted by Gasteiger charge is -2.15. The minimum Gasteiger partial charge on any atom is -0.473 e. The molecule has 4 rings (SSSR count). The largest absolute Gasteiger partial charge is 0.473 e. The number of hydrogen-bond donors (Lipinski definition) is 1. The molecule has 1 aromatic heterocycles. The minimum atomic E-state index is -4.95. The van der Waals surface area contributed by atoms with E-state index in [0.717, 1.165) is 16.7 Å². The number of aryl methyl sites for hydroxylation is 1. The van der Waals surface area contributed by atoms with Gasteiger partial charge in [-0.1, -0.05) is 54.6 Å². The van der Waals surface area contributed by atoms with Crippen LogP contribution < -0.4 is 10.1 Å². The molecule has 0 saturated heterocycles. The van der Waals surface area contributed by atoms with Gasteiger partial charge in [-0.2, -0.15) is 26.3 Å². The van der Waals surface area contributed by atoms with Crippen LogP contribution in [-0.2, 0) is 25.4 Å². The highest BCUT2D eigenvalue weighted by atomic mass is 19.4. The summed E-state index contributed by atoms with van der Waals surface area (Å²) in [6.07, 6.45) is -8.80. The lowest BCUT2D eigenvalue weighted by atomic mass is 9.97. The smallest absolute Gasteiger partial charge is 0.416 e. The molecule has 0 aliphatic rings. The third-order valence-electron chi connectivity index (χ3n) is 6.13. The molecule has 0 spiro atoms. The van der Waals surface area contributed by atoms with E-state index in [2.05, 4.69) is 10.3 Å². The number of alkyl halides is 6. The average Bonchev–Trinajstić information content (AvgIpc) is 2.91. The van der Waals surface area contributed by atoms with Crippen molar-refractivity contribution in [1.82, 2.24) is 10.3 Å². The standard InChI is InChI=1S/C30H24F6N2O2/c1-19-7-5-6-10-24(19)25-16-27(40-18-20-8-3-2-4-9-20)38-17-26(25)28(39)37-12-11-21-13-22(29(31,32)33)15-23(14-21)30(34,35)36/h2-10,13-17H,11-12,18H2,1H3,(H,37,39). The van der Waals surface area contributed by atoms with Crippen molar-refractivity contribution in [2.45, 2.75) is 32.3 Å². The molecular weight excluding hydrogens is 534 g/mol. The number of rotatable bonds is 8. The molecular formula is C30H24F6N2O2. The van der Waals surface area contributed by atoms with E-state index in [1.807, 2.05) is 55.5 Å². The number of benzene rings is 3. The van der Waals surface area contributed by atoms with Crippen molar-refractivity contribution < 1.29 is 35.9 Å². The number of amides is 1. The topological polar surface area (TPSA) is 51.2 Å². The van der Waals surface area contributed by atoms with Gasteiger partial charge in [0.25, 0.3) is 5.91 Å². The summed E-state index contributed by atoms with van der Waals surface area (Å²) in [7, 11) is 0. The van der Waals surface area contributed by atoms with Crippen LogP contribution >= 0.6 is 0 Å². The first kappa shape index (κ1) is 28.7. The maximum atomic E-state index is 13.2. The summed E-state index contributed by atoms with van der Waals surface area (Å²) in [5.74, 6) is -0.300. The zero-order valence-corrected chi connectivity index (χ0v) is 21.2. The van der Waals surface area contributed by atoms with Gasteiger partial charge in [-0.15, -0.1) is 0 Å². The fourth-order valence-corrected chi connectivity index (χ4v) is 4.10. The van der Waals surface area contributed by atoms with Gasteiger partial charge < -0.3 is 10.1 Å². The normalized spacial score (nSPS) is 11.8. The van der Waals surface area contributed by atoms with Gasteiger partial charge in [-0.3, -0.25) is 4.79 Å². The van der Waals surface area contributed by atoms with Crippen LogP contribution in [0.2, 0.25) is 0 Å². The molecule has 0 saturated carbocycles. The van der Waals surface area contributed by atoms with Crippen LogP contribution in [0.15, 0.2) is 85.1 Å². The Bertz CT molecular complexity index is 1450. The van der Waals surface area contributed by atoms with E-state index in [1.165, 1.54) is 6.20 Å². The second-order valence-corrected chi connectivity index (χ2v) is 9.08. The van der Waals surface area contributed by atoms with Crippen molar-refractivity contribution >= 4 is 5.91 Å². The van der Waals surface area contributed by atoms with Gasteiger partial charge in [0, 0.05) is 24.4 Å². The lowest BCUT2D eigenvalue weighted by Crippen LogP contribution is -2.26. The molecule has 0 aliphatic carbocycles. The number of aromatic nitrogens is 1. The maximum Gasteiger partial charge on any atom is 0.416 e. The van der Waals surface area contributed by atoms with Gasteiger partial charge in [0.05, 0.1) is 16.7 Å². The average molecular weight is 559 g/mol. The molecule has 0 fully saturated rings. The molecule has 208 valence electrons.